The fourth-order valence-corrected chi connectivity index (χ4v) is 6.48. The number of hydrogen-bond acceptors (Lipinski definition) is 10. The molecule has 15 nitrogen and oxygen atoms in total. The lowest BCUT2D eigenvalue weighted by atomic mass is 10.1. The van der Waals surface area contributed by atoms with Crippen molar-refractivity contribution < 1.29 is 56.0 Å². The Hall–Kier alpha value is -5.06. The van der Waals surface area contributed by atoms with E-state index in [1.807, 2.05) is 13.8 Å². The number of fused-ring (bicyclic) bond motifs is 1. The number of esters is 1. The Bertz CT molecular complexity index is 1790. The summed E-state index contributed by atoms with van der Waals surface area (Å²) < 4.78 is 68.7. The van der Waals surface area contributed by atoms with E-state index in [-0.39, 0.29) is 54.2 Å². The number of halogens is 1. The Kier molecular flexibility index (Phi) is 14.3. The summed E-state index contributed by atoms with van der Waals surface area (Å²) in [6.45, 7) is 15.3. The molecule has 0 fully saturated rings. The van der Waals surface area contributed by atoms with Crippen LogP contribution in [0, 0.1) is 11.7 Å². The number of ether oxygens (including phenoxy) is 4. The molecule has 54 heavy (non-hydrogen) atoms. The summed E-state index contributed by atoms with van der Waals surface area (Å²) >= 11 is 0. The number of anilines is 2. The quantitative estimate of drug-likeness (QED) is 0.116. The highest BCUT2D eigenvalue weighted by molar-refractivity contribution is 7.91. The molecule has 2 aromatic rings. The molecule has 3 amide bonds. The second kappa shape index (κ2) is 17.8. The Morgan fingerprint density at radius 3 is 2.26 bits per heavy atom. The molecular formula is C37H51FN4O11S. The van der Waals surface area contributed by atoms with Gasteiger partial charge in [0.05, 0.1) is 11.7 Å². The molecule has 0 saturated heterocycles. The van der Waals surface area contributed by atoms with Gasteiger partial charge >= 0.3 is 34.5 Å². The number of carbonyl (C=O) groups is 4. The van der Waals surface area contributed by atoms with Gasteiger partial charge < -0.3 is 29.0 Å². The van der Waals surface area contributed by atoms with Crippen molar-refractivity contribution >= 4 is 45.8 Å². The van der Waals surface area contributed by atoms with Gasteiger partial charge in [-0.1, -0.05) is 56.8 Å². The third-order valence-corrected chi connectivity index (χ3v) is 8.94. The van der Waals surface area contributed by atoms with Crippen LogP contribution < -0.4 is 18.7 Å². The van der Waals surface area contributed by atoms with E-state index in [4.69, 9.17) is 18.9 Å². The third-order valence-electron chi connectivity index (χ3n) is 7.63. The molecule has 1 heterocycles. The average molecular weight is 779 g/mol. The standard InChI is InChI=1S/C37H51FN4O11S/c1-10-18-50-33(44)39-54(48,49)41(22-30(43)52-36(4,5)6)32-29(51-23-25-14-12-11-13-15-25)20-28-27(31(32)38)19-26(42(28)34(45)46)21-40(17-16-24(2)3)35(47)53-37(7,8)9/h10-15,20,24,26H,1,16-19,21-23H2,2-9H3,(H,39,44)(H,45,46)/t26-/m1/s1. The van der Waals surface area contributed by atoms with Gasteiger partial charge in [-0.2, -0.15) is 8.42 Å². The summed E-state index contributed by atoms with van der Waals surface area (Å²) in [6.07, 6.45) is -2.17. The molecule has 1 aliphatic rings. The highest BCUT2D eigenvalue weighted by Gasteiger charge is 2.43. The zero-order valence-corrected chi connectivity index (χ0v) is 32.8. The van der Waals surface area contributed by atoms with Crippen LogP contribution in [0.25, 0.3) is 0 Å². The second-order valence-corrected chi connectivity index (χ2v) is 16.6. The van der Waals surface area contributed by atoms with E-state index in [0.29, 0.717) is 12.0 Å². The number of amides is 3. The van der Waals surface area contributed by atoms with Crippen LogP contribution in [-0.4, -0.2) is 86.2 Å². The third kappa shape index (κ3) is 12.2. The number of benzene rings is 2. The molecule has 0 unspecified atom stereocenters. The molecular weight excluding hydrogens is 727 g/mol. The van der Waals surface area contributed by atoms with Gasteiger partial charge in [-0.15, -0.1) is 0 Å². The van der Waals surface area contributed by atoms with E-state index in [1.54, 1.807) is 76.6 Å². The monoisotopic (exact) mass is 778 g/mol. The Morgan fingerprint density at radius 2 is 1.70 bits per heavy atom. The minimum atomic E-state index is -5.15. The van der Waals surface area contributed by atoms with Crippen LogP contribution >= 0.6 is 0 Å². The lowest BCUT2D eigenvalue weighted by molar-refractivity contribution is -0.152. The largest absolute Gasteiger partial charge is 0.487 e. The van der Waals surface area contributed by atoms with Crippen molar-refractivity contribution in [3.05, 3.63) is 66.0 Å². The van der Waals surface area contributed by atoms with Crippen LogP contribution in [0.15, 0.2) is 49.1 Å². The molecule has 0 aromatic heterocycles. The molecule has 1 atom stereocenters. The van der Waals surface area contributed by atoms with Crippen molar-refractivity contribution in [2.24, 2.45) is 5.92 Å². The van der Waals surface area contributed by atoms with E-state index >= 15 is 4.39 Å². The van der Waals surface area contributed by atoms with Gasteiger partial charge in [0.25, 0.3) is 0 Å². The van der Waals surface area contributed by atoms with Crippen molar-refractivity contribution in [1.29, 1.82) is 0 Å². The van der Waals surface area contributed by atoms with Crippen molar-refractivity contribution in [1.82, 2.24) is 9.62 Å². The fourth-order valence-electron chi connectivity index (χ4n) is 5.41. The summed E-state index contributed by atoms with van der Waals surface area (Å²) in [4.78, 5) is 54.1. The Labute approximate surface area is 316 Å². The number of carbonyl (C=O) groups excluding carboxylic acids is 3. The average Bonchev–Trinajstić information content (AvgIpc) is 3.41. The molecule has 0 radical (unpaired) electrons. The van der Waals surface area contributed by atoms with Crippen molar-refractivity contribution in [2.75, 3.05) is 35.4 Å². The van der Waals surface area contributed by atoms with Crippen molar-refractivity contribution in [3.63, 3.8) is 0 Å². The first-order valence-electron chi connectivity index (χ1n) is 17.3. The normalized spacial score (nSPS) is 14.2. The van der Waals surface area contributed by atoms with Crippen LogP contribution in [0.1, 0.15) is 72.9 Å². The maximum Gasteiger partial charge on any atom is 0.422 e. The molecule has 2 N–H and O–H groups in total. The minimum absolute atomic E-state index is 0.169. The maximum atomic E-state index is 17.2. The number of rotatable bonds is 15. The zero-order valence-electron chi connectivity index (χ0n) is 32.0. The van der Waals surface area contributed by atoms with Crippen LogP contribution in [0.2, 0.25) is 0 Å². The number of hydrogen-bond donors (Lipinski definition) is 2. The van der Waals surface area contributed by atoms with Gasteiger partial charge in [-0.05, 0) is 59.4 Å². The number of nitrogens with one attached hydrogen (secondary N) is 1. The van der Waals surface area contributed by atoms with Gasteiger partial charge in [0.2, 0.25) is 0 Å². The summed E-state index contributed by atoms with van der Waals surface area (Å²) in [5.41, 5.74) is -2.57. The first-order chi connectivity index (χ1) is 25.0. The Morgan fingerprint density at radius 1 is 1.07 bits per heavy atom. The molecule has 0 saturated carbocycles. The van der Waals surface area contributed by atoms with Crippen molar-refractivity contribution in [2.45, 2.75) is 92.1 Å². The fraction of sp³-hybridized carbons (Fsp3) is 0.514. The predicted molar refractivity (Wildman–Crippen MR) is 199 cm³/mol. The molecule has 0 bridgehead atoms. The molecule has 298 valence electrons. The van der Waals surface area contributed by atoms with E-state index in [2.05, 4.69) is 6.58 Å². The van der Waals surface area contributed by atoms with E-state index in [0.717, 1.165) is 11.0 Å². The zero-order chi connectivity index (χ0) is 40.6. The first kappa shape index (κ1) is 43.3. The smallest absolute Gasteiger partial charge is 0.422 e. The molecule has 17 heteroatoms. The molecule has 1 aliphatic heterocycles. The van der Waals surface area contributed by atoms with Gasteiger partial charge in [-0.25, -0.2) is 27.8 Å². The minimum Gasteiger partial charge on any atom is -0.487 e. The summed E-state index contributed by atoms with van der Waals surface area (Å²) in [6, 6.07) is 8.68. The molecule has 0 spiro atoms. The molecule has 2 aromatic carbocycles. The van der Waals surface area contributed by atoms with E-state index < -0.39 is 75.5 Å². The van der Waals surface area contributed by atoms with E-state index in [1.165, 1.54) is 11.0 Å². The summed E-state index contributed by atoms with van der Waals surface area (Å²) in [5, 5.41) is 10.5. The highest BCUT2D eigenvalue weighted by atomic mass is 32.2. The second-order valence-electron chi connectivity index (χ2n) is 15.0. The van der Waals surface area contributed by atoms with Gasteiger partial charge in [0, 0.05) is 31.1 Å². The van der Waals surface area contributed by atoms with Crippen LogP contribution in [0.5, 0.6) is 5.75 Å². The van der Waals surface area contributed by atoms with Crippen LogP contribution in [0.3, 0.4) is 0 Å². The Balaban J connectivity index is 2.24. The van der Waals surface area contributed by atoms with E-state index in [9.17, 15) is 32.7 Å². The van der Waals surface area contributed by atoms with Gasteiger partial charge in [0.15, 0.2) is 5.82 Å². The predicted octanol–water partition coefficient (Wildman–Crippen LogP) is 6.40. The molecule has 0 aliphatic carbocycles. The topological polar surface area (TPSA) is 181 Å². The van der Waals surface area contributed by atoms with Gasteiger partial charge in [0.1, 0.15) is 42.4 Å². The SMILES string of the molecule is C=CCOC(=O)NS(=O)(=O)N(CC(=O)OC(C)(C)C)c1c(OCc2ccccc2)cc2c(c1F)C[C@H](CN(CCC(C)C)C(=O)OC(C)(C)C)N2C(=O)O. The lowest BCUT2D eigenvalue weighted by Crippen LogP contribution is -2.48. The number of nitrogens with zero attached hydrogens (tertiary/aromatic N) is 3. The lowest BCUT2D eigenvalue weighted by Gasteiger charge is -2.32. The van der Waals surface area contributed by atoms with Crippen LogP contribution in [0.4, 0.5) is 30.1 Å². The maximum absolute atomic E-state index is 17.2. The highest BCUT2D eigenvalue weighted by Crippen LogP contribution is 2.45. The first-order valence-corrected chi connectivity index (χ1v) is 18.8. The van der Waals surface area contributed by atoms with Gasteiger partial charge in [-0.3, -0.25) is 9.69 Å². The summed E-state index contributed by atoms with van der Waals surface area (Å²) in [7, 11) is -5.15. The summed E-state index contributed by atoms with van der Waals surface area (Å²) in [5.74, 6) is -2.65. The van der Waals surface area contributed by atoms with Crippen molar-refractivity contribution in [3.8, 4) is 5.75 Å². The molecule has 3 rings (SSSR count). The van der Waals surface area contributed by atoms with Crippen LogP contribution in [-0.2, 0) is 42.2 Å². The number of carboxylic acid groups (broad SMARTS) is 1.